The van der Waals surface area contributed by atoms with Gasteiger partial charge >= 0.3 is 6.09 Å². The van der Waals surface area contributed by atoms with Crippen LogP contribution >= 0.6 is 11.8 Å². The smallest absolute Gasteiger partial charge is 0.413 e. The van der Waals surface area contributed by atoms with E-state index in [9.17, 15) is 9.59 Å². The van der Waals surface area contributed by atoms with Crippen LogP contribution in [0.15, 0.2) is 29.7 Å². The molecule has 8 nitrogen and oxygen atoms in total. The summed E-state index contributed by atoms with van der Waals surface area (Å²) >= 11 is 1.27. The molecule has 1 aliphatic carbocycles. The van der Waals surface area contributed by atoms with Crippen LogP contribution in [0.1, 0.15) is 25.8 Å². The van der Waals surface area contributed by atoms with Crippen molar-refractivity contribution in [2.75, 3.05) is 7.11 Å². The Labute approximate surface area is 143 Å². The highest BCUT2D eigenvalue weighted by Crippen LogP contribution is 2.41. The first-order chi connectivity index (χ1) is 11.6. The van der Waals surface area contributed by atoms with Crippen molar-refractivity contribution in [1.29, 1.82) is 0 Å². The number of carbonyl (C=O) groups is 2. The highest BCUT2D eigenvalue weighted by Gasteiger charge is 2.31. The molecule has 2 heterocycles. The highest BCUT2D eigenvalue weighted by molar-refractivity contribution is 8.00. The van der Waals surface area contributed by atoms with Crippen molar-refractivity contribution in [3.05, 3.63) is 24.5 Å². The molecule has 0 aromatic carbocycles. The molecule has 126 valence electrons. The van der Waals surface area contributed by atoms with Gasteiger partial charge in [-0.1, -0.05) is 11.8 Å². The monoisotopic (exact) mass is 347 g/mol. The average Bonchev–Trinajstić information content (AvgIpc) is 3.35. The van der Waals surface area contributed by atoms with Crippen molar-refractivity contribution in [2.24, 2.45) is 0 Å². The molecule has 2 aromatic heterocycles. The molecule has 0 bridgehead atoms. The Kier molecular flexibility index (Phi) is 4.79. The van der Waals surface area contributed by atoms with E-state index >= 15 is 0 Å². The largest absolute Gasteiger partial charge is 0.453 e. The molecule has 3 rings (SSSR count). The SMILES string of the molecule is COC(=O)NC(=O)[C@@H](C)Sc1nnc(-c2ccncc2)n1C1CC1. The van der Waals surface area contributed by atoms with Crippen LogP contribution in [0.5, 0.6) is 0 Å². The number of alkyl carbamates (subject to hydrolysis) is 1. The number of nitrogens with zero attached hydrogens (tertiary/aromatic N) is 4. The van der Waals surface area contributed by atoms with E-state index in [2.05, 4.69) is 29.8 Å². The minimum absolute atomic E-state index is 0.349. The summed E-state index contributed by atoms with van der Waals surface area (Å²) in [4.78, 5) is 27.2. The van der Waals surface area contributed by atoms with Crippen LogP contribution < -0.4 is 5.32 Å². The summed E-state index contributed by atoms with van der Waals surface area (Å²) in [5.74, 6) is 0.339. The average molecular weight is 347 g/mol. The molecule has 1 saturated carbocycles. The molecule has 0 aliphatic heterocycles. The van der Waals surface area contributed by atoms with Gasteiger partial charge in [0, 0.05) is 24.0 Å². The summed E-state index contributed by atoms with van der Waals surface area (Å²) in [6.07, 6.45) is 4.77. The zero-order valence-corrected chi connectivity index (χ0v) is 14.1. The summed E-state index contributed by atoms with van der Waals surface area (Å²) in [5.41, 5.74) is 0.933. The van der Waals surface area contributed by atoms with Crippen LogP contribution in [0.2, 0.25) is 0 Å². The molecular formula is C15H17N5O3S. The van der Waals surface area contributed by atoms with Crippen LogP contribution in [0.4, 0.5) is 4.79 Å². The van der Waals surface area contributed by atoms with Crippen LogP contribution in [0.25, 0.3) is 11.4 Å². The van der Waals surface area contributed by atoms with Crippen LogP contribution in [-0.2, 0) is 9.53 Å². The number of rotatable bonds is 5. The number of carbonyl (C=O) groups excluding carboxylic acids is 2. The minimum atomic E-state index is -0.770. The minimum Gasteiger partial charge on any atom is -0.453 e. The lowest BCUT2D eigenvalue weighted by molar-refractivity contribution is -0.119. The normalized spacial score (nSPS) is 14.9. The molecule has 1 N–H and O–H groups in total. The summed E-state index contributed by atoms with van der Waals surface area (Å²) in [5, 5.41) is 10.8. The third kappa shape index (κ3) is 3.56. The second-order valence-corrected chi connectivity index (χ2v) is 6.69. The molecule has 1 fully saturated rings. The van der Waals surface area contributed by atoms with Gasteiger partial charge in [0.1, 0.15) is 0 Å². The maximum Gasteiger partial charge on any atom is 0.413 e. The molecule has 0 radical (unpaired) electrons. The van der Waals surface area contributed by atoms with Crippen LogP contribution in [-0.4, -0.2) is 44.1 Å². The van der Waals surface area contributed by atoms with Crippen molar-refractivity contribution in [2.45, 2.75) is 36.2 Å². The van der Waals surface area contributed by atoms with Gasteiger partial charge in [0.05, 0.1) is 12.4 Å². The third-order valence-corrected chi connectivity index (χ3v) is 4.63. The maximum atomic E-state index is 12.0. The van der Waals surface area contributed by atoms with E-state index in [1.165, 1.54) is 18.9 Å². The topological polar surface area (TPSA) is 99.0 Å². The van der Waals surface area contributed by atoms with Gasteiger partial charge in [0.2, 0.25) is 5.91 Å². The number of thioether (sulfide) groups is 1. The number of ether oxygens (including phenoxy) is 1. The number of amides is 2. The van der Waals surface area contributed by atoms with E-state index in [0.29, 0.717) is 11.2 Å². The summed E-state index contributed by atoms with van der Waals surface area (Å²) < 4.78 is 6.49. The van der Waals surface area contributed by atoms with E-state index in [-0.39, 0.29) is 0 Å². The second kappa shape index (κ2) is 7.00. The molecular weight excluding hydrogens is 330 g/mol. The van der Waals surface area contributed by atoms with E-state index < -0.39 is 17.3 Å². The number of pyridine rings is 1. The van der Waals surface area contributed by atoms with Gasteiger partial charge in [-0.2, -0.15) is 0 Å². The molecule has 0 spiro atoms. The van der Waals surface area contributed by atoms with Crippen molar-refractivity contribution < 1.29 is 14.3 Å². The van der Waals surface area contributed by atoms with Gasteiger partial charge in [-0.3, -0.25) is 19.7 Å². The van der Waals surface area contributed by atoms with E-state index in [1.54, 1.807) is 19.3 Å². The molecule has 2 aromatic rings. The first kappa shape index (κ1) is 16.4. The molecule has 1 atom stereocenters. The molecule has 0 unspecified atom stereocenters. The lowest BCUT2D eigenvalue weighted by Crippen LogP contribution is -2.36. The lowest BCUT2D eigenvalue weighted by atomic mass is 10.2. The van der Waals surface area contributed by atoms with Crippen LogP contribution in [0, 0.1) is 0 Å². The van der Waals surface area contributed by atoms with Crippen LogP contribution in [0.3, 0.4) is 0 Å². The zero-order valence-electron chi connectivity index (χ0n) is 13.3. The Morgan fingerprint density at radius 1 is 1.33 bits per heavy atom. The Morgan fingerprint density at radius 3 is 2.67 bits per heavy atom. The predicted molar refractivity (Wildman–Crippen MR) is 87.4 cm³/mol. The summed E-state index contributed by atoms with van der Waals surface area (Å²) in [7, 11) is 1.21. The third-order valence-electron chi connectivity index (χ3n) is 3.58. The molecule has 9 heteroatoms. The summed E-state index contributed by atoms with van der Waals surface area (Å²) in [6, 6.07) is 4.11. The number of aromatic nitrogens is 4. The quantitative estimate of drug-likeness (QED) is 0.826. The Bertz CT molecular complexity index is 745. The van der Waals surface area contributed by atoms with Crippen molar-refractivity contribution >= 4 is 23.8 Å². The van der Waals surface area contributed by atoms with E-state index in [1.807, 2.05) is 12.1 Å². The standard InChI is InChI=1S/C15H17N5O3S/c1-9(13(21)17-15(22)23-2)24-14-19-18-12(20(14)11-3-4-11)10-5-7-16-8-6-10/h5-9,11H,3-4H2,1-2H3,(H,17,21,22)/t9-/m1/s1. The Hall–Kier alpha value is -2.42. The maximum absolute atomic E-state index is 12.0. The van der Waals surface area contributed by atoms with Gasteiger partial charge in [-0.15, -0.1) is 10.2 Å². The summed E-state index contributed by atoms with van der Waals surface area (Å²) in [6.45, 7) is 1.71. The van der Waals surface area contributed by atoms with E-state index in [0.717, 1.165) is 24.2 Å². The van der Waals surface area contributed by atoms with Crippen molar-refractivity contribution in [3.63, 3.8) is 0 Å². The van der Waals surface area contributed by atoms with Crippen molar-refractivity contribution in [1.82, 2.24) is 25.1 Å². The number of hydrogen-bond donors (Lipinski definition) is 1. The fraction of sp³-hybridized carbons (Fsp3) is 0.400. The Morgan fingerprint density at radius 2 is 2.04 bits per heavy atom. The lowest BCUT2D eigenvalue weighted by Gasteiger charge is -2.12. The fourth-order valence-corrected chi connectivity index (χ4v) is 3.10. The second-order valence-electron chi connectivity index (χ2n) is 5.38. The first-order valence-electron chi connectivity index (χ1n) is 7.51. The van der Waals surface area contributed by atoms with Gasteiger partial charge in [0.15, 0.2) is 11.0 Å². The van der Waals surface area contributed by atoms with E-state index in [4.69, 9.17) is 0 Å². The molecule has 0 saturated heterocycles. The van der Waals surface area contributed by atoms with Gasteiger partial charge in [-0.05, 0) is 31.9 Å². The number of nitrogens with one attached hydrogen (secondary N) is 1. The van der Waals surface area contributed by atoms with Gasteiger partial charge < -0.3 is 4.74 Å². The predicted octanol–water partition coefficient (Wildman–Crippen LogP) is 2.04. The Balaban J connectivity index is 1.80. The number of hydrogen-bond acceptors (Lipinski definition) is 7. The first-order valence-corrected chi connectivity index (χ1v) is 8.39. The van der Waals surface area contributed by atoms with Gasteiger partial charge in [-0.25, -0.2) is 4.79 Å². The van der Waals surface area contributed by atoms with Crippen molar-refractivity contribution in [3.8, 4) is 11.4 Å². The highest BCUT2D eigenvalue weighted by atomic mass is 32.2. The molecule has 1 aliphatic rings. The zero-order chi connectivity index (χ0) is 17.1. The fourth-order valence-electron chi connectivity index (χ4n) is 2.18. The number of imide groups is 1. The van der Waals surface area contributed by atoms with Gasteiger partial charge in [0.25, 0.3) is 0 Å². The molecule has 24 heavy (non-hydrogen) atoms. The molecule has 2 amide bonds. The number of methoxy groups -OCH3 is 1.